The van der Waals surface area contributed by atoms with Gasteiger partial charge in [0.2, 0.25) is 39.3 Å². The van der Waals surface area contributed by atoms with Crippen LogP contribution in [0.1, 0.15) is 22.3 Å². The minimum atomic E-state index is -5.77. The number of sulfone groups is 4. The van der Waals surface area contributed by atoms with Gasteiger partial charge in [0, 0.05) is 13.1 Å². The van der Waals surface area contributed by atoms with Crippen molar-refractivity contribution in [2.24, 2.45) is 0 Å². The third-order valence-corrected chi connectivity index (χ3v) is 19.8. The number of nitrogens with one attached hydrogen (secondary N) is 2. The van der Waals surface area contributed by atoms with E-state index < -0.39 is 93.6 Å². The van der Waals surface area contributed by atoms with Gasteiger partial charge in [-0.15, -0.1) is 0 Å². The van der Waals surface area contributed by atoms with Gasteiger partial charge < -0.3 is 10.2 Å². The molecule has 0 spiro atoms. The maximum Gasteiger partial charge on any atom is 0.280 e. The molecule has 0 aliphatic rings. The van der Waals surface area contributed by atoms with Gasteiger partial charge in [-0.1, -0.05) is 70.8 Å². The summed E-state index contributed by atoms with van der Waals surface area (Å²) in [5, 5.41) is 24.8. The third-order valence-electron chi connectivity index (χ3n) is 8.21. The highest BCUT2D eigenvalue weighted by Crippen LogP contribution is 2.51. The fourth-order valence-electron chi connectivity index (χ4n) is 5.58. The lowest BCUT2D eigenvalue weighted by Crippen LogP contribution is -2.81. The van der Waals surface area contributed by atoms with E-state index in [1.807, 2.05) is 0 Å². The van der Waals surface area contributed by atoms with Crippen LogP contribution in [0.15, 0.2) is 117 Å². The molecule has 0 radical (unpaired) electrons. The zero-order chi connectivity index (χ0) is 37.2. The molecule has 270 valence electrons. The normalized spacial score (nSPS) is 13.3. The van der Waals surface area contributed by atoms with E-state index in [0.717, 1.165) is 48.5 Å². The molecule has 50 heavy (non-hydrogen) atoms. The first-order chi connectivity index (χ1) is 23.4. The van der Waals surface area contributed by atoms with E-state index in [2.05, 4.69) is 10.6 Å². The molecule has 0 aliphatic heterocycles. The second-order valence-electron chi connectivity index (χ2n) is 11.8. The quantitative estimate of drug-likeness (QED) is 0.138. The number of aryl methyl sites for hydroxylation is 4. The summed E-state index contributed by atoms with van der Waals surface area (Å²) in [5.74, 6) is 0. The van der Waals surface area contributed by atoms with Crippen molar-refractivity contribution < 1.29 is 43.9 Å². The monoisotopic (exact) mass is 764 g/mol. The van der Waals surface area contributed by atoms with Crippen molar-refractivity contribution >= 4 is 39.3 Å². The van der Waals surface area contributed by atoms with Crippen LogP contribution in [0, 0.1) is 27.7 Å². The van der Waals surface area contributed by atoms with Crippen LogP contribution in [-0.2, 0) is 39.3 Å². The molecule has 0 aliphatic carbocycles. The lowest BCUT2D eigenvalue weighted by Gasteiger charge is -2.47. The Morgan fingerprint density at radius 3 is 0.740 bits per heavy atom. The summed E-state index contributed by atoms with van der Waals surface area (Å²) in [4.78, 5) is -2.95. The van der Waals surface area contributed by atoms with Gasteiger partial charge in [0.25, 0.3) is 8.41 Å². The van der Waals surface area contributed by atoms with E-state index in [9.17, 15) is 10.2 Å². The summed E-state index contributed by atoms with van der Waals surface area (Å²) in [7, 11) is -23.1. The molecule has 4 aromatic rings. The summed E-state index contributed by atoms with van der Waals surface area (Å²) in [5.41, 5.74) is 2.24. The van der Waals surface area contributed by atoms with E-state index in [1.54, 1.807) is 27.7 Å². The van der Waals surface area contributed by atoms with Gasteiger partial charge in [0.1, 0.15) is 0 Å². The Kier molecular flexibility index (Phi) is 11.5. The molecule has 0 heterocycles. The molecule has 0 unspecified atom stereocenters. The maximum atomic E-state index is 15.5. The highest BCUT2D eigenvalue weighted by atomic mass is 32.3. The molecule has 4 N–H and O–H groups in total. The van der Waals surface area contributed by atoms with Gasteiger partial charge >= 0.3 is 0 Å². The lowest BCUT2D eigenvalue weighted by atomic mass is 10.2. The van der Waals surface area contributed by atoms with Crippen LogP contribution < -0.4 is 10.6 Å². The highest BCUT2D eigenvalue weighted by molar-refractivity contribution is 8.17. The fraction of sp³-hybridized carbons (Fsp3) is 0.294. The number of hydrogen-bond acceptors (Lipinski definition) is 12. The third kappa shape index (κ3) is 6.32. The van der Waals surface area contributed by atoms with Gasteiger partial charge in [-0.2, -0.15) is 0 Å². The summed E-state index contributed by atoms with van der Waals surface area (Å²) < 4.78 is 116. The van der Waals surface area contributed by atoms with Crippen LogP contribution in [0.25, 0.3) is 0 Å². The van der Waals surface area contributed by atoms with Gasteiger partial charge in [0.05, 0.1) is 32.8 Å². The SMILES string of the molecule is Cc1ccc(S(=O)(=O)C(NCCO)(C(NCCO)(S(=O)(=O)c2ccc(C)cc2)S(=O)(=O)c2ccc(C)cc2)S(=O)(=O)c2ccc(C)cc2)cc1. The molecule has 0 saturated heterocycles. The van der Waals surface area contributed by atoms with E-state index in [-0.39, 0.29) is 0 Å². The van der Waals surface area contributed by atoms with Crippen molar-refractivity contribution in [2.45, 2.75) is 55.7 Å². The molecule has 12 nitrogen and oxygen atoms in total. The van der Waals surface area contributed by atoms with Crippen molar-refractivity contribution in [3.63, 3.8) is 0 Å². The number of aliphatic hydroxyl groups is 2. The number of rotatable bonds is 15. The molecule has 0 amide bonds. The average Bonchev–Trinajstić information content (AvgIpc) is 3.06. The van der Waals surface area contributed by atoms with E-state index in [4.69, 9.17) is 0 Å². The Morgan fingerprint density at radius 1 is 0.400 bits per heavy atom. The van der Waals surface area contributed by atoms with Gasteiger partial charge in [-0.05, 0) is 76.2 Å². The molecule has 0 fully saturated rings. The summed E-state index contributed by atoms with van der Waals surface area (Å²) in [6.07, 6.45) is 0. The second kappa shape index (κ2) is 14.6. The molecular formula is C34H40N2O10S4. The Hall–Kier alpha value is -3.48. The van der Waals surface area contributed by atoms with Crippen molar-refractivity contribution in [2.75, 3.05) is 26.3 Å². The Bertz CT molecular complexity index is 1940. The van der Waals surface area contributed by atoms with Crippen LogP contribution in [0.5, 0.6) is 0 Å². The van der Waals surface area contributed by atoms with Gasteiger partial charge in [-0.3, -0.25) is 10.6 Å². The molecule has 16 heteroatoms. The van der Waals surface area contributed by atoms with Crippen LogP contribution in [0.3, 0.4) is 0 Å². The fourth-order valence-corrected chi connectivity index (χ4v) is 17.9. The van der Waals surface area contributed by atoms with Crippen molar-refractivity contribution in [3.05, 3.63) is 119 Å². The first-order valence-electron chi connectivity index (χ1n) is 15.3. The number of hydrogen-bond donors (Lipinski definition) is 4. The summed E-state index contributed by atoms with van der Waals surface area (Å²) >= 11 is 0. The molecular weight excluding hydrogens is 725 g/mol. The Morgan fingerprint density at radius 2 is 0.580 bits per heavy atom. The second-order valence-corrected chi connectivity index (χ2v) is 20.7. The summed E-state index contributed by atoms with van der Waals surface area (Å²) in [6, 6.07) is 19.1. The average molecular weight is 765 g/mol. The lowest BCUT2D eigenvalue weighted by molar-refractivity contribution is 0.265. The number of benzene rings is 4. The minimum Gasteiger partial charge on any atom is -0.395 e. The zero-order valence-electron chi connectivity index (χ0n) is 27.9. The van der Waals surface area contributed by atoms with Gasteiger partial charge in [-0.25, -0.2) is 33.7 Å². The standard InChI is InChI=1S/C34H40N2O10S4/c1-25-5-13-29(14-6-25)47(39,40)33(35-21-23-37,48(41,42)30-15-7-26(2)8-16-30)34(36-22-24-38,49(43,44)31-17-9-27(3)10-18-31)50(45,46)32-19-11-28(4)12-20-32/h5-20,35-38H,21-24H2,1-4H3. The van der Waals surface area contributed by atoms with Gasteiger partial charge in [0.15, 0.2) is 0 Å². The highest BCUT2D eigenvalue weighted by Gasteiger charge is 2.80. The smallest absolute Gasteiger partial charge is 0.280 e. The predicted molar refractivity (Wildman–Crippen MR) is 189 cm³/mol. The van der Waals surface area contributed by atoms with Crippen molar-refractivity contribution in [1.82, 2.24) is 10.6 Å². The molecule has 0 bridgehead atoms. The predicted octanol–water partition coefficient (Wildman–Crippen LogP) is 2.59. The molecule has 4 rings (SSSR count). The van der Waals surface area contributed by atoms with Crippen molar-refractivity contribution in [1.29, 1.82) is 0 Å². The van der Waals surface area contributed by atoms with Crippen LogP contribution in [0.4, 0.5) is 0 Å². The summed E-state index contributed by atoms with van der Waals surface area (Å²) in [6.45, 7) is 2.82. The molecule has 0 atom stereocenters. The topological polar surface area (TPSA) is 201 Å². The van der Waals surface area contributed by atoms with Crippen LogP contribution in [-0.4, -0.2) is 78.6 Å². The van der Waals surface area contributed by atoms with Crippen LogP contribution in [0.2, 0.25) is 0 Å². The van der Waals surface area contributed by atoms with E-state index >= 15 is 33.7 Å². The molecule has 4 aromatic carbocycles. The van der Waals surface area contributed by atoms with Crippen LogP contribution >= 0.6 is 0 Å². The Labute approximate surface area is 293 Å². The zero-order valence-corrected chi connectivity index (χ0v) is 31.1. The first-order valence-corrected chi connectivity index (χ1v) is 21.3. The first kappa shape index (κ1) is 39.3. The maximum absolute atomic E-state index is 15.5. The molecule has 0 aromatic heterocycles. The number of aliphatic hydroxyl groups excluding tert-OH is 2. The van der Waals surface area contributed by atoms with E-state index in [1.165, 1.54) is 48.5 Å². The minimum absolute atomic E-state index is 0.559. The molecule has 0 saturated carbocycles. The Balaban J connectivity index is 2.45. The van der Waals surface area contributed by atoms with E-state index in [0.29, 0.717) is 22.3 Å². The van der Waals surface area contributed by atoms with Crippen molar-refractivity contribution in [3.8, 4) is 0 Å². The largest absolute Gasteiger partial charge is 0.395 e.